The van der Waals surface area contributed by atoms with Crippen molar-refractivity contribution in [2.75, 3.05) is 4.90 Å². The van der Waals surface area contributed by atoms with E-state index in [0.29, 0.717) is 11.5 Å². The summed E-state index contributed by atoms with van der Waals surface area (Å²) in [6.45, 7) is 0. The molecule has 6 heteroatoms. The predicted octanol–water partition coefficient (Wildman–Crippen LogP) is 3.34. The molecule has 4 rings (SSSR count). The molecule has 1 spiro atoms. The summed E-state index contributed by atoms with van der Waals surface area (Å²) < 4.78 is 0. The molecule has 6 nitrogen and oxygen atoms in total. The van der Waals surface area contributed by atoms with Gasteiger partial charge in [0.15, 0.2) is 0 Å². The van der Waals surface area contributed by atoms with Gasteiger partial charge in [0, 0.05) is 5.69 Å². The van der Waals surface area contributed by atoms with Crippen molar-refractivity contribution in [3.05, 3.63) is 54.1 Å². The monoisotopic (exact) mass is 358 g/mol. The van der Waals surface area contributed by atoms with Gasteiger partial charge in [-0.1, -0.05) is 30.7 Å². The number of aliphatic imine (C=N–C) groups is 2. The summed E-state index contributed by atoms with van der Waals surface area (Å²) in [4.78, 5) is 11.0. The molecular formula is C21H22N6. The van der Waals surface area contributed by atoms with Crippen molar-refractivity contribution < 1.29 is 0 Å². The highest BCUT2D eigenvalue weighted by Crippen LogP contribution is 2.40. The number of benzene rings is 2. The summed E-state index contributed by atoms with van der Waals surface area (Å²) in [5.41, 5.74) is 15.5. The molecule has 0 aromatic heterocycles. The van der Waals surface area contributed by atoms with E-state index in [2.05, 4.69) is 17.1 Å². The number of guanidine groups is 2. The van der Waals surface area contributed by atoms with E-state index in [-0.39, 0.29) is 5.96 Å². The Bertz CT molecular complexity index is 945. The van der Waals surface area contributed by atoms with Crippen LogP contribution in [0.25, 0.3) is 11.1 Å². The molecule has 4 N–H and O–H groups in total. The molecule has 1 saturated carbocycles. The Morgan fingerprint density at radius 2 is 1.70 bits per heavy atom. The van der Waals surface area contributed by atoms with Gasteiger partial charge < -0.3 is 11.5 Å². The lowest BCUT2D eigenvalue weighted by Crippen LogP contribution is -2.58. The van der Waals surface area contributed by atoms with Crippen LogP contribution >= 0.6 is 0 Å². The molecule has 0 unspecified atom stereocenters. The van der Waals surface area contributed by atoms with Crippen LogP contribution in [0.3, 0.4) is 0 Å². The van der Waals surface area contributed by atoms with Gasteiger partial charge in [-0.2, -0.15) is 10.3 Å². The lowest BCUT2D eigenvalue weighted by Gasteiger charge is -2.45. The predicted molar refractivity (Wildman–Crippen MR) is 108 cm³/mol. The molecule has 1 fully saturated rings. The number of nitrogens with two attached hydrogens (primary N) is 2. The number of nitrogens with zero attached hydrogens (tertiary/aromatic N) is 4. The molecule has 2 aliphatic rings. The third-order valence-corrected chi connectivity index (χ3v) is 5.30. The van der Waals surface area contributed by atoms with Gasteiger partial charge in [0.05, 0.1) is 11.6 Å². The van der Waals surface area contributed by atoms with E-state index < -0.39 is 5.66 Å². The van der Waals surface area contributed by atoms with Crippen molar-refractivity contribution in [1.82, 2.24) is 0 Å². The van der Waals surface area contributed by atoms with Crippen LogP contribution in [0.15, 0.2) is 58.5 Å². The average Bonchev–Trinajstić information content (AvgIpc) is 2.68. The molecule has 1 heterocycles. The molecule has 27 heavy (non-hydrogen) atoms. The van der Waals surface area contributed by atoms with Crippen molar-refractivity contribution in [3.8, 4) is 17.2 Å². The van der Waals surface area contributed by atoms with Crippen LogP contribution in [0.2, 0.25) is 0 Å². The Labute approximate surface area is 158 Å². The van der Waals surface area contributed by atoms with Gasteiger partial charge in [-0.3, -0.25) is 4.90 Å². The van der Waals surface area contributed by atoms with E-state index in [4.69, 9.17) is 21.7 Å². The van der Waals surface area contributed by atoms with Crippen molar-refractivity contribution >= 4 is 17.6 Å². The summed E-state index contributed by atoms with van der Waals surface area (Å²) in [6.07, 6.45) is 5.20. The van der Waals surface area contributed by atoms with Crippen LogP contribution in [-0.2, 0) is 0 Å². The summed E-state index contributed by atoms with van der Waals surface area (Å²) in [5.74, 6) is 0.648. The van der Waals surface area contributed by atoms with E-state index in [9.17, 15) is 0 Å². The maximum absolute atomic E-state index is 9.00. The normalized spacial score (nSPS) is 18.6. The fourth-order valence-corrected chi connectivity index (χ4v) is 4.06. The first-order chi connectivity index (χ1) is 13.1. The highest BCUT2D eigenvalue weighted by Gasteiger charge is 2.42. The highest BCUT2D eigenvalue weighted by molar-refractivity contribution is 6.05. The Morgan fingerprint density at radius 3 is 2.41 bits per heavy atom. The van der Waals surface area contributed by atoms with E-state index in [1.807, 2.05) is 47.4 Å². The maximum Gasteiger partial charge on any atom is 0.220 e. The first-order valence-electron chi connectivity index (χ1n) is 9.22. The van der Waals surface area contributed by atoms with Crippen LogP contribution < -0.4 is 16.4 Å². The lowest BCUT2D eigenvalue weighted by atomic mass is 9.87. The number of rotatable bonds is 2. The van der Waals surface area contributed by atoms with Gasteiger partial charge in [-0.25, -0.2) is 4.99 Å². The van der Waals surface area contributed by atoms with Crippen molar-refractivity contribution in [2.45, 2.75) is 37.8 Å². The van der Waals surface area contributed by atoms with E-state index >= 15 is 0 Å². The van der Waals surface area contributed by atoms with Crippen molar-refractivity contribution in [2.24, 2.45) is 21.5 Å². The topological polar surface area (TPSA) is 104 Å². The number of anilines is 1. The molecule has 0 atom stereocenters. The molecule has 2 aromatic rings. The molecule has 1 aliphatic carbocycles. The minimum atomic E-state index is -0.447. The SMILES string of the molecule is N#Cc1ccc(-c2cccc(N3C(N)=NC(N)=NC34CCCCC4)c2)cc1. The Balaban J connectivity index is 1.75. The second-order valence-electron chi connectivity index (χ2n) is 7.06. The van der Waals surface area contributed by atoms with E-state index in [1.54, 1.807) is 0 Å². The smallest absolute Gasteiger partial charge is 0.220 e. The molecule has 0 bridgehead atoms. The van der Waals surface area contributed by atoms with Crippen LogP contribution in [-0.4, -0.2) is 17.6 Å². The van der Waals surface area contributed by atoms with Gasteiger partial charge in [0.25, 0.3) is 0 Å². The molecule has 1 aliphatic heterocycles. The minimum Gasteiger partial charge on any atom is -0.369 e. The second-order valence-corrected chi connectivity index (χ2v) is 7.06. The van der Waals surface area contributed by atoms with Crippen LogP contribution in [0.4, 0.5) is 5.69 Å². The molecule has 0 saturated heterocycles. The summed E-state index contributed by atoms with van der Waals surface area (Å²) in [5, 5.41) is 9.00. The van der Waals surface area contributed by atoms with E-state index in [0.717, 1.165) is 42.5 Å². The van der Waals surface area contributed by atoms with Crippen LogP contribution in [0.1, 0.15) is 37.7 Å². The third kappa shape index (κ3) is 3.13. The standard InChI is InChI=1S/C21H22N6/c22-14-15-7-9-16(10-8-15)17-5-4-6-18(13-17)27-20(24)25-19(23)26-21(27)11-2-1-3-12-21/h4-10,13H,1-3,11-12H2,(H4,23,24,25,26). The zero-order valence-electron chi connectivity index (χ0n) is 15.1. The summed E-state index contributed by atoms with van der Waals surface area (Å²) in [6, 6.07) is 17.9. The zero-order chi connectivity index (χ0) is 18.9. The number of nitriles is 1. The fraction of sp³-hybridized carbons (Fsp3) is 0.286. The van der Waals surface area contributed by atoms with Crippen LogP contribution in [0.5, 0.6) is 0 Å². The Morgan fingerprint density at radius 1 is 0.963 bits per heavy atom. The lowest BCUT2D eigenvalue weighted by molar-refractivity contribution is 0.305. The molecule has 0 amide bonds. The molecule has 136 valence electrons. The summed E-state index contributed by atoms with van der Waals surface area (Å²) >= 11 is 0. The number of hydrogen-bond acceptors (Lipinski definition) is 6. The van der Waals surface area contributed by atoms with Gasteiger partial charge in [0.2, 0.25) is 11.9 Å². The van der Waals surface area contributed by atoms with Gasteiger partial charge in [-0.15, -0.1) is 0 Å². The second kappa shape index (κ2) is 6.76. The van der Waals surface area contributed by atoms with Crippen molar-refractivity contribution in [1.29, 1.82) is 5.26 Å². The van der Waals surface area contributed by atoms with Gasteiger partial charge in [-0.05, 0) is 61.1 Å². The Kier molecular flexibility index (Phi) is 4.28. The van der Waals surface area contributed by atoms with E-state index in [1.165, 1.54) is 6.42 Å². The quantitative estimate of drug-likeness (QED) is 0.859. The first-order valence-corrected chi connectivity index (χ1v) is 9.22. The number of hydrogen-bond donors (Lipinski definition) is 2. The molecular weight excluding hydrogens is 336 g/mol. The summed E-state index contributed by atoms with van der Waals surface area (Å²) in [7, 11) is 0. The molecule has 2 aromatic carbocycles. The fourth-order valence-electron chi connectivity index (χ4n) is 4.06. The Hall–Kier alpha value is -3.33. The maximum atomic E-state index is 9.00. The van der Waals surface area contributed by atoms with Gasteiger partial charge >= 0.3 is 0 Å². The largest absolute Gasteiger partial charge is 0.369 e. The minimum absolute atomic E-state index is 0.258. The van der Waals surface area contributed by atoms with Crippen molar-refractivity contribution in [3.63, 3.8) is 0 Å². The van der Waals surface area contributed by atoms with Crippen LogP contribution in [0, 0.1) is 11.3 Å². The third-order valence-electron chi connectivity index (χ3n) is 5.30. The van der Waals surface area contributed by atoms with Gasteiger partial charge in [0.1, 0.15) is 5.66 Å². The zero-order valence-corrected chi connectivity index (χ0v) is 15.1. The first kappa shape index (κ1) is 17.1. The molecule has 0 radical (unpaired) electrons. The average molecular weight is 358 g/mol. The highest BCUT2D eigenvalue weighted by atomic mass is 15.4.